The van der Waals surface area contributed by atoms with E-state index in [1.807, 2.05) is 0 Å². The SMILES string of the molecule is Nc1nccc(C(NC(=O)CCC(F)(F)F)C2CC2)n1. The third kappa shape index (κ3) is 4.36. The number of amides is 1. The Balaban J connectivity index is 1.98. The van der Waals surface area contributed by atoms with Gasteiger partial charge in [-0.2, -0.15) is 13.2 Å². The third-order valence-electron chi connectivity index (χ3n) is 3.06. The first kappa shape index (κ1) is 14.5. The Bertz CT molecular complexity index is 488. The van der Waals surface area contributed by atoms with Gasteiger partial charge >= 0.3 is 6.18 Å². The molecule has 1 heterocycles. The Kier molecular flexibility index (Phi) is 4.10. The van der Waals surface area contributed by atoms with E-state index in [0.29, 0.717) is 5.69 Å². The van der Waals surface area contributed by atoms with Crippen LogP contribution in [0.3, 0.4) is 0 Å². The van der Waals surface area contributed by atoms with Crippen LogP contribution in [0.25, 0.3) is 0 Å². The average Bonchev–Trinajstić information content (AvgIpc) is 3.17. The fourth-order valence-corrected chi connectivity index (χ4v) is 1.93. The first-order valence-corrected chi connectivity index (χ1v) is 6.30. The maximum atomic E-state index is 12.1. The molecule has 3 N–H and O–H groups in total. The van der Waals surface area contributed by atoms with Crippen molar-refractivity contribution in [3.63, 3.8) is 0 Å². The number of nitrogen functional groups attached to an aromatic ring is 1. The normalized spacial score (nSPS) is 16.8. The molecular formula is C12H15F3N4O. The van der Waals surface area contributed by atoms with Gasteiger partial charge in [-0.25, -0.2) is 9.97 Å². The first-order chi connectivity index (χ1) is 9.35. The highest BCUT2D eigenvalue weighted by Gasteiger charge is 2.35. The summed E-state index contributed by atoms with van der Waals surface area (Å²) in [7, 11) is 0. The summed E-state index contributed by atoms with van der Waals surface area (Å²) in [5, 5.41) is 2.61. The summed E-state index contributed by atoms with van der Waals surface area (Å²) in [6.07, 6.45) is -2.74. The van der Waals surface area contributed by atoms with Crippen molar-refractivity contribution in [2.75, 3.05) is 5.73 Å². The van der Waals surface area contributed by atoms with E-state index in [1.54, 1.807) is 6.07 Å². The van der Waals surface area contributed by atoms with Gasteiger partial charge < -0.3 is 11.1 Å². The molecule has 0 spiro atoms. The quantitative estimate of drug-likeness (QED) is 0.868. The largest absolute Gasteiger partial charge is 0.389 e. The Labute approximate surface area is 113 Å². The van der Waals surface area contributed by atoms with Gasteiger partial charge in [-0.1, -0.05) is 0 Å². The zero-order valence-corrected chi connectivity index (χ0v) is 10.7. The van der Waals surface area contributed by atoms with E-state index >= 15 is 0 Å². The number of alkyl halides is 3. The van der Waals surface area contributed by atoms with Crippen LogP contribution in [-0.2, 0) is 4.79 Å². The number of halogens is 3. The smallest absolute Gasteiger partial charge is 0.368 e. The highest BCUT2D eigenvalue weighted by Crippen LogP contribution is 2.40. The Hall–Kier alpha value is -1.86. The molecule has 8 heteroatoms. The van der Waals surface area contributed by atoms with E-state index in [4.69, 9.17) is 5.73 Å². The molecule has 0 bridgehead atoms. The Morgan fingerprint density at radius 3 is 2.75 bits per heavy atom. The molecule has 0 radical (unpaired) electrons. The van der Waals surface area contributed by atoms with Gasteiger partial charge in [0.2, 0.25) is 11.9 Å². The summed E-state index contributed by atoms with van der Waals surface area (Å²) < 4.78 is 36.2. The number of carbonyl (C=O) groups is 1. The molecule has 2 rings (SSSR count). The van der Waals surface area contributed by atoms with E-state index in [0.717, 1.165) is 12.8 Å². The molecule has 1 aromatic heterocycles. The van der Waals surface area contributed by atoms with Crippen LogP contribution in [0.2, 0.25) is 0 Å². The number of nitrogens with one attached hydrogen (secondary N) is 1. The van der Waals surface area contributed by atoms with Crippen molar-refractivity contribution in [3.05, 3.63) is 18.0 Å². The van der Waals surface area contributed by atoms with Crippen LogP contribution < -0.4 is 11.1 Å². The predicted octanol–water partition coefficient (Wildman–Crippen LogP) is 1.97. The summed E-state index contributed by atoms with van der Waals surface area (Å²) >= 11 is 0. The number of nitrogens with two attached hydrogens (primary N) is 1. The lowest BCUT2D eigenvalue weighted by atomic mass is 10.1. The van der Waals surface area contributed by atoms with Gasteiger partial charge in [0.05, 0.1) is 18.2 Å². The average molecular weight is 288 g/mol. The molecule has 5 nitrogen and oxygen atoms in total. The van der Waals surface area contributed by atoms with Gasteiger partial charge in [0, 0.05) is 12.6 Å². The monoisotopic (exact) mass is 288 g/mol. The maximum absolute atomic E-state index is 12.1. The van der Waals surface area contributed by atoms with E-state index < -0.39 is 24.9 Å². The van der Waals surface area contributed by atoms with Crippen LogP contribution in [-0.4, -0.2) is 22.1 Å². The number of anilines is 1. The van der Waals surface area contributed by atoms with Gasteiger partial charge in [0.25, 0.3) is 0 Å². The zero-order valence-electron chi connectivity index (χ0n) is 10.7. The lowest BCUT2D eigenvalue weighted by Gasteiger charge is -2.18. The highest BCUT2D eigenvalue weighted by atomic mass is 19.4. The summed E-state index contributed by atoms with van der Waals surface area (Å²) in [4.78, 5) is 19.4. The molecule has 1 aliphatic rings. The molecule has 0 saturated heterocycles. The fraction of sp³-hybridized carbons (Fsp3) is 0.583. The van der Waals surface area contributed by atoms with Crippen LogP contribution in [0.15, 0.2) is 12.3 Å². The van der Waals surface area contributed by atoms with Crippen LogP contribution in [0.1, 0.15) is 37.4 Å². The highest BCUT2D eigenvalue weighted by molar-refractivity contribution is 5.76. The molecule has 1 fully saturated rings. The lowest BCUT2D eigenvalue weighted by molar-refractivity contribution is -0.144. The van der Waals surface area contributed by atoms with E-state index in [9.17, 15) is 18.0 Å². The summed E-state index contributed by atoms with van der Waals surface area (Å²) in [5.74, 6) is -0.340. The molecule has 110 valence electrons. The van der Waals surface area contributed by atoms with Crippen LogP contribution in [0, 0.1) is 5.92 Å². The fourth-order valence-electron chi connectivity index (χ4n) is 1.93. The second-order valence-electron chi connectivity index (χ2n) is 4.84. The molecule has 1 atom stereocenters. The van der Waals surface area contributed by atoms with Crippen LogP contribution >= 0.6 is 0 Å². The minimum absolute atomic E-state index is 0.0812. The second kappa shape index (κ2) is 5.64. The molecular weight excluding hydrogens is 273 g/mol. The molecule has 1 aliphatic carbocycles. The van der Waals surface area contributed by atoms with Crippen molar-refractivity contribution in [2.24, 2.45) is 5.92 Å². The number of hydrogen-bond donors (Lipinski definition) is 2. The summed E-state index contributed by atoms with van der Waals surface area (Å²) in [6.45, 7) is 0. The lowest BCUT2D eigenvalue weighted by Crippen LogP contribution is -2.31. The first-order valence-electron chi connectivity index (χ1n) is 6.30. The minimum atomic E-state index is -4.33. The van der Waals surface area contributed by atoms with Crippen molar-refractivity contribution in [2.45, 2.75) is 37.9 Å². The Morgan fingerprint density at radius 1 is 1.50 bits per heavy atom. The molecule has 0 aliphatic heterocycles. The van der Waals surface area contributed by atoms with Gasteiger partial charge in [-0.05, 0) is 24.8 Å². The van der Waals surface area contributed by atoms with Gasteiger partial charge in [-0.3, -0.25) is 4.79 Å². The van der Waals surface area contributed by atoms with Gasteiger partial charge in [0.15, 0.2) is 0 Å². The topological polar surface area (TPSA) is 80.9 Å². The van der Waals surface area contributed by atoms with E-state index in [1.165, 1.54) is 6.20 Å². The number of aromatic nitrogens is 2. The Morgan fingerprint density at radius 2 is 2.20 bits per heavy atom. The van der Waals surface area contributed by atoms with Crippen molar-refractivity contribution >= 4 is 11.9 Å². The molecule has 1 amide bonds. The molecule has 1 aromatic rings. The van der Waals surface area contributed by atoms with Crippen molar-refractivity contribution in [1.82, 2.24) is 15.3 Å². The number of hydrogen-bond acceptors (Lipinski definition) is 4. The zero-order chi connectivity index (χ0) is 14.8. The number of rotatable bonds is 5. The summed E-state index contributed by atoms with van der Waals surface area (Å²) in [5.41, 5.74) is 6.02. The third-order valence-corrected chi connectivity index (χ3v) is 3.06. The molecule has 1 saturated carbocycles. The van der Waals surface area contributed by atoms with Crippen molar-refractivity contribution in [1.29, 1.82) is 0 Å². The number of carbonyl (C=O) groups excluding carboxylic acids is 1. The minimum Gasteiger partial charge on any atom is -0.368 e. The van der Waals surface area contributed by atoms with Crippen LogP contribution in [0.4, 0.5) is 19.1 Å². The van der Waals surface area contributed by atoms with Crippen LogP contribution in [0.5, 0.6) is 0 Å². The second-order valence-corrected chi connectivity index (χ2v) is 4.84. The molecule has 20 heavy (non-hydrogen) atoms. The number of nitrogens with zero attached hydrogens (tertiary/aromatic N) is 2. The summed E-state index contributed by atoms with van der Waals surface area (Å²) in [6, 6.07) is 1.23. The van der Waals surface area contributed by atoms with Crippen molar-refractivity contribution in [3.8, 4) is 0 Å². The predicted molar refractivity (Wildman–Crippen MR) is 65.3 cm³/mol. The van der Waals surface area contributed by atoms with E-state index in [2.05, 4.69) is 15.3 Å². The molecule has 1 unspecified atom stereocenters. The van der Waals surface area contributed by atoms with Gasteiger partial charge in [0.1, 0.15) is 0 Å². The van der Waals surface area contributed by atoms with Crippen molar-refractivity contribution < 1.29 is 18.0 Å². The van der Waals surface area contributed by atoms with E-state index in [-0.39, 0.29) is 17.9 Å². The van der Waals surface area contributed by atoms with Gasteiger partial charge in [-0.15, -0.1) is 0 Å². The maximum Gasteiger partial charge on any atom is 0.389 e. The molecule has 0 aromatic carbocycles. The standard InChI is InChI=1S/C12H15F3N4O/c13-12(14,15)5-3-9(20)19-10(7-1-2-7)8-4-6-17-11(16)18-8/h4,6-7,10H,1-3,5H2,(H,19,20)(H2,16,17,18).